The second-order valence-electron chi connectivity index (χ2n) is 3.02. The molecule has 0 bridgehead atoms. The molecule has 1 aromatic rings. The molecule has 0 aliphatic rings. The van der Waals surface area contributed by atoms with Crippen molar-refractivity contribution in [2.24, 2.45) is 0 Å². The van der Waals surface area contributed by atoms with E-state index in [9.17, 15) is 18.0 Å². The first-order valence-electron chi connectivity index (χ1n) is 4.50. The van der Waals surface area contributed by atoms with E-state index in [-0.39, 0.29) is 12.2 Å². The molecule has 0 heterocycles. The summed E-state index contributed by atoms with van der Waals surface area (Å²) in [5, 5.41) is 0. The fraction of sp³-hybridized carbons (Fsp3) is 0.300. The van der Waals surface area contributed by atoms with Crippen molar-refractivity contribution in [2.75, 3.05) is 12.3 Å². The molecule has 3 nitrogen and oxygen atoms in total. The van der Waals surface area contributed by atoms with Gasteiger partial charge in [-0.3, -0.25) is 0 Å². The van der Waals surface area contributed by atoms with Crippen LogP contribution in [-0.2, 0) is 10.9 Å². The minimum absolute atomic E-state index is 0.00681. The Morgan fingerprint density at radius 2 is 2.06 bits per heavy atom. The van der Waals surface area contributed by atoms with E-state index in [2.05, 4.69) is 4.74 Å². The lowest BCUT2D eigenvalue weighted by molar-refractivity contribution is -0.136. The number of hydrogen-bond donors (Lipinski definition) is 1. The number of carbonyl (C=O) groups excluding carboxylic acids is 1. The number of ether oxygens (including phenoxy) is 1. The molecule has 0 unspecified atom stereocenters. The van der Waals surface area contributed by atoms with Gasteiger partial charge in [-0.05, 0) is 25.1 Å². The molecule has 0 radical (unpaired) electrons. The Morgan fingerprint density at radius 3 is 2.50 bits per heavy atom. The van der Waals surface area contributed by atoms with Gasteiger partial charge in [0.2, 0.25) is 0 Å². The third-order valence-corrected chi connectivity index (χ3v) is 1.87. The molecule has 6 heteroatoms. The molecule has 16 heavy (non-hydrogen) atoms. The van der Waals surface area contributed by atoms with Gasteiger partial charge in [0.15, 0.2) is 0 Å². The van der Waals surface area contributed by atoms with Crippen molar-refractivity contribution in [3.63, 3.8) is 0 Å². The third-order valence-electron chi connectivity index (χ3n) is 1.87. The van der Waals surface area contributed by atoms with Crippen LogP contribution >= 0.6 is 0 Å². The SMILES string of the molecule is CCOC(=O)c1ccc(C(F)(F)F)c(N)c1. The van der Waals surface area contributed by atoms with Crippen LogP contribution in [0.1, 0.15) is 22.8 Å². The van der Waals surface area contributed by atoms with Gasteiger partial charge in [0, 0.05) is 5.69 Å². The third kappa shape index (κ3) is 2.65. The van der Waals surface area contributed by atoms with E-state index in [0.29, 0.717) is 0 Å². The highest BCUT2D eigenvalue weighted by Gasteiger charge is 2.33. The van der Waals surface area contributed by atoms with E-state index >= 15 is 0 Å². The molecule has 0 aliphatic carbocycles. The Bertz CT molecular complexity index is 402. The molecular formula is C10H10F3NO2. The Hall–Kier alpha value is -1.72. The van der Waals surface area contributed by atoms with Gasteiger partial charge < -0.3 is 10.5 Å². The summed E-state index contributed by atoms with van der Waals surface area (Å²) in [4.78, 5) is 11.2. The number of halogens is 3. The van der Waals surface area contributed by atoms with E-state index in [1.807, 2.05) is 0 Å². The van der Waals surface area contributed by atoms with Crippen molar-refractivity contribution in [3.8, 4) is 0 Å². The smallest absolute Gasteiger partial charge is 0.418 e. The van der Waals surface area contributed by atoms with Gasteiger partial charge in [-0.1, -0.05) is 0 Å². The molecular weight excluding hydrogens is 223 g/mol. The van der Waals surface area contributed by atoms with Crippen molar-refractivity contribution < 1.29 is 22.7 Å². The van der Waals surface area contributed by atoms with Crippen LogP contribution in [0.15, 0.2) is 18.2 Å². The largest absolute Gasteiger partial charge is 0.462 e. The van der Waals surface area contributed by atoms with Crippen LogP contribution in [0.3, 0.4) is 0 Å². The molecule has 1 rings (SSSR count). The van der Waals surface area contributed by atoms with Crippen LogP contribution in [0.4, 0.5) is 18.9 Å². The van der Waals surface area contributed by atoms with Crippen molar-refractivity contribution in [2.45, 2.75) is 13.1 Å². The van der Waals surface area contributed by atoms with Crippen LogP contribution in [0.25, 0.3) is 0 Å². The van der Waals surface area contributed by atoms with Crippen molar-refractivity contribution in [3.05, 3.63) is 29.3 Å². The normalized spacial score (nSPS) is 11.2. The topological polar surface area (TPSA) is 52.3 Å². The zero-order chi connectivity index (χ0) is 12.3. The lowest BCUT2D eigenvalue weighted by atomic mass is 10.1. The summed E-state index contributed by atoms with van der Waals surface area (Å²) in [7, 11) is 0. The summed E-state index contributed by atoms with van der Waals surface area (Å²) < 4.78 is 41.6. The molecule has 0 spiro atoms. The maximum Gasteiger partial charge on any atom is 0.418 e. The lowest BCUT2D eigenvalue weighted by Gasteiger charge is -2.10. The highest BCUT2D eigenvalue weighted by Crippen LogP contribution is 2.33. The molecule has 0 saturated heterocycles. The van der Waals surface area contributed by atoms with Gasteiger partial charge in [-0.2, -0.15) is 13.2 Å². The zero-order valence-corrected chi connectivity index (χ0v) is 8.47. The number of nitrogens with two attached hydrogens (primary N) is 1. The number of benzene rings is 1. The molecule has 2 N–H and O–H groups in total. The van der Waals surface area contributed by atoms with Crippen molar-refractivity contribution >= 4 is 11.7 Å². The predicted octanol–water partition coefficient (Wildman–Crippen LogP) is 2.46. The number of hydrogen-bond acceptors (Lipinski definition) is 3. The Morgan fingerprint density at radius 1 is 1.44 bits per heavy atom. The summed E-state index contributed by atoms with van der Waals surface area (Å²) >= 11 is 0. The predicted molar refractivity (Wildman–Crippen MR) is 51.8 cm³/mol. The number of alkyl halides is 3. The first-order valence-corrected chi connectivity index (χ1v) is 4.50. The Kier molecular flexibility index (Phi) is 3.41. The van der Waals surface area contributed by atoms with Gasteiger partial charge in [0.1, 0.15) is 0 Å². The van der Waals surface area contributed by atoms with E-state index < -0.39 is 23.4 Å². The zero-order valence-electron chi connectivity index (χ0n) is 8.47. The van der Waals surface area contributed by atoms with Crippen molar-refractivity contribution in [1.82, 2.24) is 0 Å². The molecule has 0 amide bonds. The summed E-state index contributed by atoms with van der Waals surface area (Å²) in [6.07, 6.45) is -4.52. The standard InChI is InChI=1S/C10H10F3NO2/c1-2-16-9(15)6-3-4-7(8(14)5-6)10(11,12)13/h3-5H,2,14H2,1H3. The second-order valence-corrected chi connectivity index (χ2v) is 3.02. The van der Waals surface area contributed by atoms with E-state index in [0.717, 1.165) is 18.2 Å². The van der Waals surface area contributed by atoms with Crippen LogP contribution in [0.5, 0.6) is 0 Å². The second kappa shape index (κ2) is 4.42. The van der Waals surface area contributed by atoms with Gasteiger partial charge in [-0.25, -0.2) is 4.79 Å². The summed E-state index contributed by atoms with van der Waals surface area (Å²) in [6.45, 7) is 1.76. The van der Waals surface area contributed by atoms with Gasteiger partial charge in [0.05, 0.1) is 17.7 Å². The minimum Gasteiger partial charge on any atom is -0.462 e. The Balaban J connectivity index is 3.05. The van der Waals surface area contributed by atoms with E-state index in [1.54, 1.807) is 6.92 Å². The first kappa shape index (κ1) is 12.4. The number of nitrogen functional groups attached to an aromatic ring is 1. The van der Waals surface area contributed by atoms with Gasteiger partial charge >= 0.3 is 12.1 Å². The maximum absolute atomic E-state index is 12.3. The molecule has 0 aromatic heterocycles. The van der Waals surface area contributed by atoms with Crippen LogP contribution < -0.4 is 5.73 Å². The van der Waals surface area contributed by atoms with E-state index in [1.165, 1.54) is 0 Å². The summed E-state index contributed by atoms with van der Waals surface area (Å²) in [5.41, 5.74) is 3.77. The van der Waals surface area contributed by atoms with Crippen LogP contribution in [0.2, 0.25) is 0 Å². The number of rotatable bonds is 2. The highest BCUT2D eigenvalue weighted by atomic mass is 19.4. The average Bonchev–Trinajstić information content (AvgIpc) is 2.16. The van der Waals surface area contributed by atoms with Crippen molar-refractivity contribution in [1.29, 1.82) is 0 Å². The quantitative estimate of drug-likeness (QED) is 0.630. The summed E-state index contributed by atoms with van der Waals surface area (Å²) in [6, 6.07) is 2.76. The van der Waals surface area contributed by atoms with Gasteiger partial charge in [0.25, 0.3) is 0 Å². The van der Waals surface area contributed by atoms with E-state index in [4.69, 9.17) is 5.73 Å². The summed E-state index contributed by atoms with van der Waals surface area (Å²) in [5.74, 6) is -0.692. The Labute approximate surface area is 90.0 Å². The fourth-order valence-corrected chi connectivity index (χ4v) is 1.16. The molecule has 1 aromatic carbocycles. The molecule has 0 saturated carbocycles. The number of carbonyl (C=O) groups is 1. The van der Waals surface area contributed by atoms with Crippen LogP contribution in [-0.4, -0.2) is 12.6 Å². The average molecular weight is 233 g/mol. The molecule has 0 atom stereocenters. The number of esters is 1. The minimum atomic E-state index is -4.52. The molecule has 0 aliphatic heterocycles. The van der Waals surface area contributed by atoms with Gasteiger partial charge in [-0.15, -0.1) is 0 Å². The molecule has 0 fully saturated rings. The monoisotopic (exact) mass is 233 g/mol. The molecule has 88 valence electrons. The highest BCUT2D eigenvalue weighted by molar-refractivity contribution is 5.90. The lowest BCUT2D eigenvalue weighted by Crippen LogP contribution is -2.11. The fourth-order valence-electron chi connectivity index (χ4n) is 1.16. The van der Waals surface area contributed by atoms with Crippen LogP contribution in [0, 0.1) is 0 Å². The maximum atomic E-state index is 12.3. The first-order chi connectivity index (χ1) is 7.36. The number of anilines is 1.